The van der Waals surface area contributed by atoms with E-state index in [-0.39, 0.29) is 5.91 Å². The van der Waals surface area contributed by atoms with E-state index in [2.05, 4.69) is 15.5 Å². The third-order valence-electron chi connectivity index (χ3n) is 4.33. The summed E-state index contributed by atoms with van der Waals surface area (Å²) < 4.78 is 3.69. The van der Waals surface area contributed by atoms with Crippen molar-refractivity contribution in [3.8, 4) is 5.69 Å². The maximum absolute atomic E-state index is 12.7. The Labute approximate surface area is 147 Å². The summed E-state index contributed by atoms with van der Waals surface area (Å²) in [6.45, 7) is 9.05. The Hall–Kier alpha value is -2.89. The van der Waals surface area contributed by atoms with Gasteiger partial charge in [-0.05, 0) is 39.8 Å². The van der Waals surface area contributed by atoms with E-state index < -0.39 is 0 Å². The van der Waals surface area contributed by atoms with E-state index in [9.17, 15) is 4.79 Å². The number of aromatic nitrogens is 4. The minimum atomic E-state index is -0.110. The van der Waals surface area contributed by atoms with Crippen LogP contribution in [0.4, 0.5) is 0 Å². The molecule has 3 rings (SSSR count). The fraction of sp³-hybridized carbons (Fsp3) is 0.316. The van der Waals surface area contributed by atoms with E-state index in [1.54, 1.807) is 0 Å². The van der Waals surface area contributed by atoms with Crippen LogP contribution in [-0.4, -0.2) is 25.5 Å². The zero-order valence-electron chi connectivity index (χ0n) is 15.1. The fourth-order valence-electron chi connectivity index (χ4n) is 2.95. The Morgan fingerprint density at radius 1 is 1.08 bits per heavy atom. The van der Waals surface area contributed by atoms with Gasteiger partial charge in [0.25, 0.3) is 5.91 Å². The molecular formula is C19H23N5O. The van der Waals surface area contributed by atoms with Gasteiger partial charge in [-0.1, -0.05) is 18.2 Å². The normalized spacial score (nSPS) is 10.9. The van der Waals surface area contributed by atoms with Crippen LogP contribution >= 0.6 is 0 Å². The van der Waals surface area contributed by atoms with Crippen LogP contribution in [0.25, 0.3) is 5.69 Å². The van der Waals surface area contributed by atoms with Gasteiger partial charge in [-0.25, -0.2) is 4.68 Å². The summed E-state index contributed by atoms with van der Waals surface area (Å²) in [5.41, 5.74) is 5.10. The van der Waals surface area contributed by atoms with Gasteiger partial charge in [0.2, 0.25) is 0 Å². The molecule has 0 aliphatic carbocycles. The number of hydrogen-bond acceptors (Lipinski definition) is 3. The number of carbonyl (C=O) groups excluding carboxylic acids is 1. The van der Waals surface area contributed by atoms with Crippen LogP contribution in [0.2, 0.25) is 0 Å². The van der Waals surface area contributed by atoms with Crippen molar-refractivity contribution in [2.24, 2.45) is 0 Å². The van der Waals surface area contributed by atoms with E-state index in [0.29, 0.717) is 12.1 Å². The van der Waals surface area contributed by atoms with Crippen molar-refractivity contribution in [1.29, 1.82) is 0 Å². The molecule has 1 aromatic carbocycles. The van der Waals surface area contributed by atoms with Crippen LogP contribution in [0.15, 0.2) is 36.5 Å². The highest BCUT2D eigenvalue weighted by molar-refractivity contribution is 5.96. The lowest BCUT2D eigenvalue weighted by Crippen LogP contribution is -2.24. The first-order valence-electron chi connectivity index (χ1n) is 8.44. The van der Waals surface area contributed by atoms with E-state index in [1.807, 2.05) is 73.6 Å². The van der Waals surface area contributed by atoms with Gasteiger partial charge in [0.15, 0.2) is 0 Å². The van der Waals surface area contributed by atoms with Gasteiger partial charge in [-0.15, -0.1) is 0 Å². The molecule has 0 atom stereocenters. The molecule has 2 heterocycles. The molecule has 0 unspecified atom stereocenters. The van der Waals surface area contributed by atoms with E-state index in [1.165, 1.54) is 0 Å². The predicted molar refractivity (Wildman–Crippen MR) is 96.8 cm³/mol. The Morgan fingerprint density at radius 3 is 2.44 bits per heavy atom. The number of hydrogen-bond donors (Lipinski definition) is 1. The molecule has 0 aliphatic heterocycles. The number of carbonyl (C=O) groups is 1. The van der Waals surface area contributed by atoms with Crippen molar-refractivity contribution in [3.63, 3.8) is 0 Å². The summed E-state index contributed by atoms with van der Waals surface area (Å²) in [5.74, 6) is -0.110. The number of amides is 1. The van der Waals surface area contributed by atoms with Gasteiger partial charge in [-0.2, -0.15) is 10.2 Å². The zero-order valence-corrected chi connectivity index (χ0v) is 15.1. The summed E-state index contributed by atoms with van der Waals surface area (Å²) >= 11 is 0. The molecule has 0 fully saturated rings. The quantitative estimate of drug-likeness (QED) is 0.778. The number of nitrogens with one attached hydrogen (secondary N) is 1. The van der Waals surface area contributed by atoms with Gasteiger partial charge in [0, 0.05) is 24.8 Å². The molecule has 0 radical (unpaired) electrons. The predicted octanol–water partition coefficient (Wildman–Crippen LogP) is 2.94. The number of benzene rings is 1. The van der Waals surface area contributed by atoms with Crippen molar-refractivity contribution < 1.29 is 4.79 Å². The average molecular weight is 337 g/mol. The smallest absolute Gasteiger partial charge is 0.255 e. The molecule has 0 spiro atoms. The van der Waals surface area contributed by atoms with E-state index in [4.69, 9.17) is 0 Å². The summed E-state index contributed by atoms with van der Waals surface area (Å²) in [5, 5.41) is 11.9. The Bertz CT molecular complexity index is 892. The van der Waals surface area contributed by atoms with Crippen LogP contribution < -0.4 is 5.32 Å². The van der Waals surface area contributed by atoms with Crippen LogP contribution in [0.3, 0.4) is 0 Å². The summed E-state index contributed by atoms with van der Waals surface area (Å²) in [4.78, 5) is 12.7. The SMILES string of the molecule is CCn1cc(CNC(=O)c2c(C)nn(-c3ccccc3)c2C)c(C)n1. The molecule has 0 aliphatic rings. The highest BCUT2D eigenvalue weighted by atomic mass is 16.1. The van der Waals surface area contributed by atoms with Gasteiger partial charge in [-0.3, -0.25) is 9.48 Å². The van der Waals surface area contributed by atoms with Gasteiger partial charge < -0.3 is 5.32 Å². The first kappa shape index (κ1) is 17.0. The monoisotopic (exact) mass is 337 g/mol. The highest BCUT2D eigenvalue weighted by Crippen LogP contribution is 2.18. The summed E-state index contributed by atoms with van der Waals surface area (Å²) in [7, 11) is 0. The number of nitrogens with zero attached hydrogens (tertiary/aromatic N) is 4. The van der Waals surface area contributed by atoms with Gasteiger partial charge in [0.05, 0.1) is 28.3 Å². The fourth-order valence-corrected chi connectivity index (χ4v) is 2.95. The van der Waals surface area contributed by atoms with Crippen molar-refractivity contribution in [2.75, 3.05) is 0 Å². The maximum atomic E-state index is 12.7. The minimum absolute atomic E-state index is 0.110. The molecular weight excluding hydrogens is 314 g/mol. The molecule has 130 valence electrons. The second-order valence-electron chi connectivity index (χ2n) is 6.07. The Morgan fingerprint density at radius 2 is 1.80 bits per heavy atom. The van der Waals surface area contributed by atoms with Crippen LogP contribution in [0.1, 0.15) is 39.9 Å². The molecule has 1 amide bonds. The first-order chi connectivity index (χ1) is 12.0. The number of para-hydroxylation sites is 1. The first-order valence-corrected chi connectivity index (χ1v) is 8.44. The molecule has 0 saturated carbocycles. The maximum Gasteiger partial charge on any atom is 0.255 e. The second kappa shape index (κ2) is 6.93. The lowest BCUT2D eigenvalue weighted by atomic mass is 10.1. The molecule has 6 nitrogen and oxygen atoms in total. The van der Waals surface area contributed by atoms with Crippen molar-refractivity contribution >= 4 is 5.91 Å². The molecule has 0 bridgehead atoms. The van der Waals surface area contributed by atoms with Crippen LogP contribution in [0.5, 0.6) is 0 Å². The number of rotatable bonds is 5. The molecule has 3 aromatic rings. The molecule has 25 heavy (non-hydrogen) atoms. The zero-order chi connectivity index (χ0) is 18.0. The largest absolute Gasteiger partial charge is 0.348 e. The highest BCUT2D eigenvalue weighted by Gasteiger charge is 2.19. The van der Waals surface area contributed by atoms with Crippen molar-refractivity contribution in [2.45, 2.75) is 40.8 Å². The molecule has 6 heteroatoms. The lowest BCUT2D eigenvalue weighted by molar-refractivity contribution is 0.0949. The van der Waals surface area contributed by atoms with Gasteiger partial charge >= 0.3 is 0 Å². The van der Waals surface area contributed by atoms with E-state index in [0.717, 1.165) is 34.9 Å². The van der Waals surface area contributed by atoms with Crippen LogP contribution in [0, 0.1) is 20.8 Å². The molecule has 2 aromatic heterocycles. The van der Waals surface area contributed by atoms with E-state index >= 15 is 0 Å². The third kappa shape index (κ3) is 3.33. The molecule has 1 N–H and O–H groups in total. The summed E-state index contributed by atoms with van der Waals surface area (Å²) in [6.07, 6.45) is 1.97. The molecule has 0 saturated heterocycles. The lowest BCUT2D eigenvalue weighted by Gasteiger charge is -2.06. The second-order valence-corrected chi connectivity index (χ2v) is 6.07. The standard InChI is InChI=1S/C19H23N5O/c1-5-23-12-16(13(2)21-23)11-20-19(25)18-14(3)22-24(15(18)4)17-9-7-6-8-10-17/h6-10,12H,5,11H2,1-4H3,(H,20,25). The van der Waals surface area contributed by atoms with Crippen LogP contribution in [-0.2, 0) is 13.1 Å². The minimum Gasteiger partial charge on any atom is -0.348 e. The van der Waals surface area contributed by atoms with Crippen molar-refractivity contribution in [3.05, 3.63) is 64.7 Å². The Balaban J connectivity index is 1.80. The topological polar surface area (TPSA) is 64.7 Å². The van der Waals surface area contributed by atoms with Gasteiger partial charge in [0.1, 0.15) is 0 Å². The average Bonchev–Trinajstić information content (AvgIpc) is 3.12. The van der Waals surface area contributed by atoms with Crippen molar-refractivity contribution in [1.82, 2.24) is 24.9 Å². The summed E-state index contributed by atoms with van der Waals surface area (Å²) in [6, 6.07) is 9.83. The Kier molecular flexibility index (Phi) is 4.70. The third-order valence-corrected chi connectivity index (χ3v) is 4.33. The number of aryl methyl sites for hydroxylation is 3.